The number of carbonyl (C=O) groups is 1. The van der Waals surface area contributed by atoms with Gasteiger partial charge in [0.15, 0.2) is 16.6 Å². The molecule has 4 nitrogen and oxygen atoms in total. The van der Waals surface area contributed by atoms with Crippen molar-refractivity contribution in [1.29, 1.82) is 0 Å². The molecule has 40 heavy (non-hydrogen) atoms. The third kappa shape index (κ3) is 12.1. The van der Waals surface area contributed by atoms with Gasteiger partial charge in [-0.25, -0.2) is 0 Å². The summed E-state index contributed by atoms with van der Waals surface area (Å²) in [6.45, 7) is 23.5. The summed E-state index contributed by atoms with van der Waals surface area (Å²) in [5.74, 6) is 0.183. The van der Waals surface area contributed by atoms with Gasteiger partial charge in [0.05, 0.1) is 12.5 Å². The lowest BCUT2D eigenvalue weighted by Crippen LogP contribution is -2.45. The van der Waals surface area contributed by atoms with E-state index >= 15 is 0 Å². The Balaban J connectivity index is 3.10. The zero-order chi connectivity index (χ0) is 30.4. The molecule has 0 aromatic heterocycles. The normalized spacial score (nSPS) is 19.6. The van der Waals surface area contributed by atoms with Crippen LogP contribution in [0.25, 0.3) is 0 Å². The van der Waals surface area contributed by atoms with Crippen LogP contribution in [0.1, 0.15) is 120 Å². The fourth-order valence-electron chi connectivity index (χ4n) is 5.73. The maximum atomic E-state index is 10.8. The number of hydrogen-bond acceptors (Lipinski definition) is 3. The van der Waals surface area contributed by atoms with Crippen molar-refractivity contribution in [3.63, 3.8) is 0 Å². The molecule has 0 saturated heterocycles. The Labute approximate surface area is 250 Å². The second-order valence-electron chi connectivity index (χ2n) is 13.7. The van der Waals surface area contributed by atoms with Gasteiger partial charge in [-0.05, 0) is 92.9 Å². The van der Waals surface area contributed by atoms with Crippen LogP contribution in [-0.4, -0.2) is 39.9 Å². The van der Waals surface area contributed by atoms with Crippen molar-refractivity contribution in [1.82, 2.24) is 0 Å². The molecular formula is C34H64O4Si2. The van der Waals surface area contributed by atoms with Gasteiger partial charge in [0.25, 0.3) is 0 Å². The van der Waals surface area contributed by atoms with E-state index in [1.807, 2.05) is 6.08 Å². The topological polar surface area (TPSA) is 55.8 Å². The van der Waals surface area contributed by atoms with E-state index in [9.17, 15) is 4.79 Å². The molecule has 3 unspecified atom stereocenters. The average molecular weight is 593 g/mol. The van der Waals surface area contributed by atoms with Crippen molar-refractivity contribution in [3.05, 3.63) is 29.5 Å². The molecule has 0 heterocycles. The molecule has 0 aromatic carbocycles. The van der Waals surface area contributed by atoms with Gasteiger partial charge in [0.1, 0.15) is 0 Å². The van der Waals surface area contributed by atoms with Crippen LogP contribution in [0, 0.1) is 11.8 Å². The monoisotopic (exact) mass is 592 g/mol. The summed E-state index contributed by atoms with van der Waals surface area (Å²) in [5.41, 5.74) is 4.64. The van der Waals surface area contributed by atoms with Crippen molar-refractivity contribution < 1.29 is 18.8 Å². The van der Waals surface area contributed by atoms with E-state index in [4.69, 9.17) is 14.0 Å². The minimum absolute atomic E-state index is 0.0283. The zero-order valence-corrected chi connectivity index (χ0v) is 29.9. The van der Waals surface area contributed by atoms with Crippen LogP contribution in [-0.2, 0) is 13.6 Å². The summed E-state index contributed by atoms with van der Waals surface area (Å²) in [4.78, 5) is 10.8. The standard InChI is InChI=1S/C34H64O4Si2/c1-11-15-18-21-28(5)31(37-39(9,10)34(6,7)8)26-24-29-25-27-32(38-40(12-2,13-3)14-4)30(29)22-19-16-17-20-23-33(35)36/h16,20,25,28,30-32H,11-15,18-19,21-24,26-27H2,1-10H3,(H,35,36)/t17?,28?,30-,31?,32?/m1/s1. The lowest BCUT2D eigenvalue weighted by molar-refractivity contribution is -0.136. The van der Waals surface area contributed by atoms with Crippen LogP contribution in [0.2, 0.25) is 36.3 Å². The Morgan fingerprint density at radius 2 is 1.75 bits per heavy atom. The van der Waals surface area contributed by atoms with E-state index in [0.29, 0.717) is 17.9 Å². The van der Waals surface area contributed by atoms with E-state index in [1.54, 1.807) is 11.6 Å². The van der Waals surface area contributed by atoms with Gasteiger partial charge in [-0.2, -0.15) is 0 Å². The molecule has 1 rings (SSSR count). The molecular weight excluding hydrogens is 529 g/mol. The van der Waals surface area contributed by atoms with Crippen molar-refractivity contribution in [2.75, 3.05) is 0 Å². The third-order valence-corrected chi connectivity index (χ3v) is 19.0. The summed E-state index contributed by atoms with van der Waals surface area (Å²) in [5, 5.41) is 9.10. The van der Waals surface area contributed by atoms with Crippen LogP contribution < -0.4 is 0 Å². The minimum Gasteiger partial charge on any atom is -0.481 e. The molecule has 0 spiro atoms. The van der Waals surface area contributed by atoms with E-state index in [0.717, 1.165) is 32.1 Å². The summed E-state index contributed by atoms with van der Waals surface area (Å²) in [7, 11) is -3.58. The molecule has 1 aliphatic rings. The van der Waals surface area contributed by atoms with Gasteiger partial charge in [0, 0.05) is 12.0 Å². The third-order valence-electron chi connectivity index (χ3n) is 9.87. The molecule has 0 saturated carbocycles. The Bertz CT molecular complexity index is 823. The highest BCUT2D eigenvalue weighted by molar-refractivity contribution is 6.74. The maximum Gasteiger partial charge on any atom is 0.307 e. The molecule has 4 atom stereocenters. The first-order valence-corrected chi connectivity index (χ1v) is 21.8. The summed E-state index contributed by atoms with van der Waals surface area (Å²) in [6.07, 6.45) is 16.9. The van der Waals surface area contributed by atoms with Gasteiger partial charge < -0.3 is 14.0 Å². The largest absolute Gasteiger partial charge is 0.481 e. The first-order valence-electron chi connectivity index (χ1n) is 16.4. The van der Waals surface area contributed by atoms with Gasteiger partial charge >= 0.3 is 5.97 Å². The van der Waals surface area contributed by atoms with Crippen molar-refractivity contribution in [2.24, 2.45) is 11.8 Å². The average Bonchev–Trinajstić information content (AvgIpc) is 3.27. The molecule has 0 bridgehead atoms. The lowest BCUT2D eigenvalue weighted by atomic mass is 9.88. The number of carboxylic acids is 1. The van der Waals surface area contributed by atoms with Gasteiger partial charge in [0.2, 0.25) is 0 Å². The second kappa shape index (κ2) is 17.9. The first kappa shape index (κ1) is 37.1. The predicted octanol–water partition coefficient (Wildman–Crippen LogP) is 10.7. The van der Waals surface area contributed by atoms with E-state index < -0.39 is 22.6 Å². The van der Waals surface area contributed by atoms with Crippen LogP contribution in [0.4, 0.5) is 0 Å². The van der Waals surface area contributed by atoms with Crippen molar-refractivity contribution >= 4 is 22.6 Å². The quantitative estimate of drug-likeness (QED) is 0.0661. The molecule has 0 radical (unpaired) electrons. The second-order valence-corrected chi connectivity index (χ2v) is 23.2. The minimum atomic E-state index is -1.87. The highest BCUT2D eigenvalue weighted by Gasteiger charge is 2.41. The van der Waals surface area contributed by atoms with Crippen LogP contribution >= 0.6 is 0 Å². The Morgan fingerprint density at radius 1 is 1.10 bits per heavy atom. The summed E-state index contributed by atoms with van der Waals surface area (Å²) >= 11 is 0. The van der Waals surface area contributed by atoms with Crippen LogP contribution in [0.5, 0.6) is 0 Å². The molecule has 0 amide bonds. The number of carboxylic acid groups (broad SMARTS) is 1. The molecule has 6 heteroatoms. The smallest absolute Gasteiger partial charge is 0.307 e. The maximum absolute atomic E-state index is 10.8. The van der Waals surface area contributed by atoms with Crippen molar-refractivity contribution in [3.8, 4) is 0 Å². The Kier molecular flexibility index (Phi) is 16.6. The van der Waals surface area contributed by atoms with Gasteiger partial charge in [-0.15, -0.1) is 5.73 Å². The summed E-state index contributed by atoms with van der Waals surface area (Å²) < 4.78 is 14.2. The number of unbranched alkanes of at least 4 members (excludes halogenated alkanes) is 2. The molecule has 0 aromatic rings. The van der Waals surface area contributed by atoms with Crippen LogP contribution in [0.3, 0.4) is 0 Å². The highest BCUT2D eigenvalue weighted by Crippen LogP contribution is 2.42. The van der Waals surface area contributed by atoms with E-state index in [-0.39, 0.29) is 17.6 Å². The fourth-order valence-corrected chi connectivity index (χ4v) is 10.1. The molecule has 232 valence electrons. The zero-order valence-electron chi connectivity index (χ0n) is 27.9. The van der Waals surface area contributed by atoms with Gasteiger partial charge in [-0.1, -0.05) is 86.3 Å². The summed E-state index contributed by atoms with van der Waals surface area (Å²) in [6, 6.07) is 3.52. The SMILES string of the molecule is CCCCCC(C)C(CCC1=CCC(O[Si](CC)(CC)CC)[C@@H]1CCC=C=CCC(=O)O)O[Si](C)(C)C(C)(C)C. The molecule has 1 aliphatic carbocycles. The van der Waals surface area contributed by atoms with Crippen LogP contribution in [0.15, 0.2) is 29.5 Å². The van der Waals surface area contributed by atoms with Gasteiger partial charge in [-0.3, -0.25) is 4.79 Å². The number of rotatable bonds is 20. The number of hydrogen-bond donors (Lipinski definition) is 1. The molecule has 1 N–H and O–H groups in total. The predicted molar refractivity (Wildman–Crippen MR) is 177 cm³/mol. The van der Waals surface area contributed by atoms with E-state index in [2.05, 4.69) is 80.3 Å². The first-order chi connectivity index (χ1) is 18.8. The fraction of sp³-hybridized carbons (Fsp3) is 0.824. The number of aliphatic carboxylic acids is 1. The molecule has 0 fully saturated rings. The highest BCUT2D eigenvalue weighted by atomic mass is 28.4. The Hall–Kier alpha value is -0.916. The molecule has 0 aliphatic heterocycles. The Morgan fingerprint density at radius 3 is 2.30 bits per heavy atom. The van der Waals surface area contributed by atoms with E-state index in [1.165, 1.54) is 43.8 Å². The lowest BCUT2D eigenvalue weighted by Gasteiger charge is -2.41. The van der Waals surface area contributed by atoms with Crippen molar-refractivity contribution in [2.45, 2.75) is 168 Å².